The third kappa shape index (κ3) is 6.38. The Morgan fingerprint density at radius 2 is 2.14 bits per heavy atom. The molecule has 0 fully saturated rings. The molecule has 0 aliphatic rings. The first-order valence-electron chi connectivity index (χ1n) is 6.69. The Bertz CT molecular complexity index is 511. The second kappa shape index (κ2) is 10.1. The highest BCUT2D eigenvalue weighted by Crippen LogP contribution is 2.23. The molecule has 0 saturated heterocycles. The summed E-state index contributed by atoms with van der Waals surface area (Å²) in [5.74, 6) is -0.165. The molecule has 124 valence electrons. The fraction of sp³-hybridized carbons (Fsp3) is 0.500. The minimum Gasteiger partial charge on any atom is -0.383 e. The fourth-order valence-electron chi connectivity index (χ4n) is 1.84. The highest BCUT2D eigenvalue weighted by molar-refractivity contribution is 5.85. The van der Waals surface area contributed by atoms with Gasteiger partial charge in [-0.3, -0.25) is 14.9 Å². The van der Waals surface area contributed by atoms with E-state index in [1.165, 1.54) is 6.07 Å². The van der Waals surface area contributed by atoms with Gasteiger partial charge in [-0.05, 0) is 19.4 Å². The van der Waals surface area contributed by atoms with Gasteiger partial charge >= 0.3 is 0 Å². The molecule has 1 aromatic carbocycles. The quantitative estimate of drug-likeness (QED) is 0.430. The lowest BCUT2D eigenvalue weighted by Gasteiger charge is -2.15. The van der Waals surface area contributed by atoms with Gasteiger partial charge in [0.1, 0.15) is 0 Å². The topological polar surface area (TPSA) is 93.5 Å². The van der Waals surface area contributed by atoms with Crippen molar-refractivity contribution >= 4 is 24.0 Å². The number of nitrogens with zero attached hydrogens (tertiary/aromatic N) is 1. The van der Waals surface area contributed by atoms with Crippen molar-refractivity contribution in [1.29, 1.82) is 0 Å². The normalized spacial score (nSPS) is 11.4. The maximum atomic E-state index is 11.7. The molecule has 0 spiro atoms. The summed E-state index contributed by atoms with van der Waals surface area (Å²) in [6.45, 7) is 4.79. The molecule has 1 aromatic rings. The Morgan fingerprint density at radius 1 is 1.45 bits per heavy atom. The lowest BCUT2D eigenvalue weighted by atomic mass is 10.0. The predicted molar refractivity (Wildman–Crippen MR) is 86.4 cm³/mol. The number of hydrogen-bond acceptors (Lipinski definition) is 5. The number of methoxy groups -OCH3 is 1. The summed E-state index contributed by atoms with van der Waals surface area (Å²) in [6, 6.07) is 4.68. The molecule has 0 heterocycles. The number of rotatable bonds is 8. The van der Waals surface area contributed by atoms with Crippen LogP contribution in [0.5, 0.6) is 0 Å². The molecule has 1 unspecified atom stereocenters. The van der Waals surface area contributed by atoms with E-state index in [-0.39, 0.29) is 36.6 Å². The van der Waals surface area contributed by atoms with Crippen molar-refractivity contribution in [2.24, 2.45) is 0 Å². The molecule has 0 saturated carbocycles. The zero-order valence-corrected chi connectivity index (χ0v) is 13.7. The monoisotopic (exact) mass is 331 g/mol. The van der Waals surface area contributed by atoms with Gasteiger partial charge in [-0.1, -0.05) is 12.1 Å². The van der Waals surface area contributed by atoms with Crippen LogP contribution in [0.2, 0.25) is 0 Å². The number of ether oxygens (including phenoxy) is 1. The average molecular weight is 332 g/mol. The zero-order chi connectivity index (χ0) is 15.8. The number of amides is 1. The third-order valence-electron chi connectivity index (χ3n) is 3.08. The lowest BCUT2D eigenvalue weighted by molar-refractivity contribution is -0.385. The summed E-state index contributed by atoms with van der Waals surface area (Å²) in [6.07, 6.45) is 0. The second-order valence-electron chi connectivity index (χ2n) is 4.76. The Labute approximate surface area is 136 Å². The predicted octanol–water partition coefficient (Wildman–Crippen LogP) is 1.74. The van der Waals surface area contributed by atoms with Crippen LogP contribution in [0, 0.1) is 17.0 Å². The van der Waals surface area contributed by atoms with Crippen molar-refractivity contribution in [3.8, 4) is 0 Å². The molecule has 2 N–H and O–H groups in total. The molecular formula is C14H22ClN3O4. The molecule has 0 aliphatic carbocycles. The number of hydrogen-bond donors (Lipinski definition) is 2. The van der Waals surface area contributed by atoms with Gasteiger partial charge in [0, 0.05) is 25.3 Å². The summed E-state index contributed by atoms with van der Waals surface area (Å²) in [5, 5.41) is 16.6. The van der Waals surface area contributed by atoms with E-state index >= 15 is 0 Å². The van der Waals surface area contributed by atoms with E-state index in [1.807, 2.05) is 0 Å². The Kier molecular flexibility index (Phi) is 9.32. The van der Waals surface area contributed by atoms with Crippen molar-refractivity contribution in [3.05, 3.63) is 39.4 Å². The molecule has 1 atom stereocenters. The SMILES string of the molecule is COCCNCC(=O)NC(C)c1ccc(C)c([N+](=O)[O-])c1.Cl. The summed E-state index contributed by atoms with van der Waals surface area (Å²) in [5.41, 5.74) is 1.37. The van der Waals surface area contributed by atoms with E-state index in [0.29, 0.717) is 24.3 Å². The maximum Gasteiger partial charge on any atom is 0.272 e. The first-order chi connectivity index (χ1) is 9.95. The highest BCUT2D eigenvalue weighted by atomic mass is 35.5. The maximum absolute atomic E-state index is 11.7. The van der Waals surface area contributed by atoms with Crippen LogP contribution in [0.4, 0.5) is 5.69 Å². The summed E-state index contributed by atoms with van der Waals surface area (Å²) in [4.78, 5) is 22.2. The molecule has 22 heavy (non-hydrogen) atoms. The largest absolute Gasteiger partial charge is 0.383 e. The number of nitrogens with one attached hydrogen (secondary N) is 2. The van der Waals surface area contributed by atoms with Crippen LogP contribution in [0.3, 0.4) is 0 Å². The standard InChI is InChI=1S/C14H21N3O4.ClH/c1-10-4-5-12(8-13(10)17(19)20)11(2)16-14(18)9-15-6-7-21-3;/h4-5,8,11,15H,6-7,9H2,1-3H3,(H,16,18);1H. The van der Waals surface area contributed by atoms with E-state index in [0.717, 1.165) is 0 Å². The van der Waals surface area contributed by atoms with Crippen molar-refractivity contribution in [2.75, 3.05) is 26.8 Å². The van der Waals surface area contributed by atoms with E-state index in [2.05, 4.69) is 10.6 Å². The van der Waals surface area contributed by atoms with Gasteiger partial charge in [-0.2, -0.15) is 0 Å². The van der Waals surface area contributed by atoms with Crippen LogP contribution in [-0.4, -0.2) is 37.6 Å². The van der Waals surface area contributed by atoms with Gasteiger partial charge in [0.25, 0.3) is 5.69 Å². The van der Waals surface area contributed by atoms with Gasteiger partial charge < -0.3 is 15.4 Å². The third-order valence-corrected chi connectivity index (χ3v) is 3.08. The Hall–Kier alpha value is -1.70. The first-order valence-corrected chi connectivity index (χ1v) is 6.69. The average Bonchev–Trinajstić information content (AvgIpc) is 2.43. The fourth-order valence-corrected chi connectivity index (χ4v) is 1.84. The first kappa shape index (κ1) is 20.3. The number of nitro benzene ring substituents is 1. The van der Waals surface area contributed by atoms with Crippen molar-refractivity contribution < 1.29 is 14.5 Å². The van der Waals surface area contributed by atoms with E-state index in [1.54, 1.807) is 33.1 Å². The van der Waals surface area contributed by atoms with Gasteiger partial charge in [0.05, 0.1) is 24.1 Å². The number of nitro groups is 1. The van der Waals surface area contributed by atoms with Gasteiger partial charge in [0.2, 0.25) is 5.91 Å². The Morgan fingerprint density at radius 3 is 2.73 bits per heavy atom. The molecule has 0 aliphatic heterocycles. The molecular weight excluding hydrogens is 310 g/mol. The van der Waals surface area contributed by atoms with Crippen LogP contribution >= 0.6 is 12.4 Å². The van der Waals surface area contributed by atoms with E-state index in [9.17, 15) is 14.9 Å². The van der Waals surface area contributed by atoms with E-state index in [4.69, 9.17) is 4.74 Å². The molecule has 8 heteroatoms. The van der Waals surface area contributed by atoms with Crippen molar-refractivity contribution in [2.45, 2.75) is 19.9 Å². The summed E-state index contributed by atoms with van der Waals surface area (Å²) >= 11 is 0. The summed E-state index contributed by atoms with van der Waals surface area (Å²) < 4.78 is 4.86. The highest BCUT2D eigenvalue weighted by Gasteiger charge is 2.15. The van der Waals surface area contributed by atoms with E-state index < -0.39 is 4.92 Å². The number of carbonyl (C=O) groups is 1. The van der Waals surface area contributed by atoms with Gasteiger partial charge in [-0.25, -0.2) is 0 Å². The van der Waals surface area contributed by atoms with Crippen LogP contribution in [0.25, 0.3) is 0 Å². The Balaban J connectivity index is 0.00000441. The van der Waals surface area contributed by atoms with Crippen LogP contribution in [0.1, 0.15) is 24.1 Å². The molecule has 7 nitrogen and oxygen atoms in total. The number of benzene rings is 1. The van der Waals surface area contributed by atoms with Crippen LogP contribution < -0.4 is 10.6 Å². The van der Waals surface area contributed by atoms with Crippen molar-refractivity contribution in [1.82, 2.24) is 10.6 Å². The molecule has 0 bridgehead atoms. The number of halogens is 1. The minimum absolute atomic E-state index is 0. The molecule has 0 aromatic heterocycles. The van der Waals surface area contributed by atoms with Crippen LogP contribution in [-0.2, 0) is 9.53 Å². The van der Waals surface area contributed by atoms with Gasteiger partial charge in [-0.15, -0.1) is 12.4 Å². The number of carbonyl (C=O) groups excluding carboxylic acids is 1. The van der Waals surface area contributed by atoms with Crippen molar-refractivity contribution in [3.63, 3.8) is 0 Å². The molecule has 0 radical (unpaired) electrons. The lowest BCUT2D eigenvalue weighted by Crippen LogP contribution is -2.36. The second-order valence-corrected chi connectivity index (χ2v) is 4.76. The summed E-state index contributed by atoms with van der Waals surface area (Å²) in [7, 11) is 1.59. The smallest absolute Gasteiger partial charge is 0.272 e. The molecule has 1 amide bonds. The molecule has 1 rings (SSSR count). The zero-order valence-electron chi connectivity index (χ0n) is 12.9. The number of aryl methyl sites for hydroxylation is 1. The van der Waals surface area contributed by atoms with Crippen LogP contribution in [0.15, 0.2) is 18.2 Å². The van der Waals surface area contributed by atoms with Gasteiger partial charge in [0.15, 0.2) is 0 Å². The minimum atomic E-state index is -0.417.